The molecule has 0 aromatic carbocycles. The molecule has 0 radical (unpaired) electrons. The summed E-state index contributed by atoms with van der Waals surface area (Å²) in [6.45, 7) is 6.81. The molecule has 0 bridgehead atoms. The van der Waals surface area contributed by atoms with Gasteiger partial charge in [0.05, 0.1) is 0 Å². The van der Waals surface area contributed by atoms with Crippen molar-refractivity contribution in [2.24, 2.45) is 5.41 Å². The van der Waals surface area contributed by atoms with Crippen LogP contribution in [-0.2, 0) is 6.42 Å². The van der Waals surface area contributed by atoms with E-state index in [1.807, 2.05) is 11.3 Å². The molecule has 0 saturated carbocycles. The highest BCUT2D eigenvalue weighted by Crippen LogP contribution is 2.22. The molecule has 1 aromatic heterocycles. The third kappa shape index (κ3) is 4.20. The second-order valence-electron chi connectivity index (χ2n) is 3.82. The first kappa shape index (κ1) is 10.7. The highest BCUT2D eigenvalue weighted by atomic mass is 32.1. The quantitative estimate of drug-likeness (QED) is 0.598. The van der Waals surface area contributed by atoms with Crippen LogP contribution >= 0.6 is 11.3 Å². The molecule has 0 saturated heterocycles. The molecule has 0 unspecified atom stereocenters. The van der Waals surface area contributed by atoms with E-state index in [0.29, 0.717) is 5.41 Å². The van der Waals surface area contributed by atoms with Gasteiger partial charge in [0.2, 0.25) is 0 Å². The van der Waals surface area contributed by atoms with E-state index < -0.39 is 0 Å². The fraction of sp³-hybridized carbons (Fsp3) is 0.600. The summed E-state index contributed by atoms with van der Waals surface area (Å²) in [7, 11) is 0. The normalized spacial score (nSPS) is 10.8. The first-order chi connectivity index (χ1) is 4.58. The maximum Gasteiger partial charge on any atom is 0.00504 e. The van der Waals surface area contributed by atoms with Gasteiger partial charge in [-0.25, -0.2) is 0 Å². The molecule has 0 aliphatic carbocycles. The highest BCUT2D eigenvalue weighted by Gasteiger charge is 2.10. The summed E-state index contributed by atoms with van der Waals surface area (Å²) in [5.74, 6) is 0. The standard InChI is InChI=1S/C9H14S.CH4/c1-9(2,3)7-8-5-4-6-10-8;/h4-6H,7H2,1-3H3;1H4. The van der Waals surface area contributed by atoms with Crippen molar-refractivity contribution in [1.82, 2.24) is 0 Å². The lowest BCUT2D eigenvalue weighted by atomic mass is 9.92. The van der Waals surface area contributed by atoms with Crippen LogP contribution in [0, 0.1) is 5.41 Å². The van der Waals surface area contributed by atoms with Gasteiger partial charge in [-0.3, -0.25) is 0 Å². The van der Waals surface area contributed by atoms with Gasteiger partial charge in [-0.15, -0.1) is 11.3 Å². The molecule has 0 fully saturated rings. The minimum Gasteiger partial charge on any atom is -0.149 e. The van der Waals surface area contributed by atoms with Gasteiger partial charge < -0.3 is 0 Å². The smallest absolute Gasteiger partial charge is 0.00504 e. The van der Waals surface area contributed by atoms with E-state index in [-0.39, 0.29) is 7.43 Å². The molecular weight excluding hydrogens is 152 g/mol. The fourth-order valence-electron chi connectivity index (χ4n) is 0.936. The summed E-state index contributed by atoms with van der Waals surface area (Å²) >= 11 is 1.85. The maximum absolute atomic E-state index is 2.27. The Kier molecular flexibility index (Phi) is 3.81. The molecular formula is C10H18S. The number of hydrogen-bond donors (Lipinski definition) is 0. The van der Waals surface area contributed by atoms with E-state index in [1.54, 1.807) is 0 Å². The van der Waals surface area contributed by atoms with Crippen LogP contribution in [0.2, 0.25) is 0 Å². The van der Waals surface area contributed by atoms with Crippen molar-refractivity contribution >= 4 is 11.3 Å². The van der Waals surface area contributed by atoms with Crippen LogP contribution in [0.3, 0.4) is 0 Å². The van der Waals surface area contributed by atoms with Crippen LogP contribution in [0.1, 0.15) is 33.1 Å². The topological polar surface area (TPSA) is 0 Å². The van der Waals surface area contributed by atoms with Crippen molar-refractivity contribution in [2.75, 3.05) is 0 Å². The monoisotopic (exact) mass is 170 g/mol. The average molecular weight is 170 g/mol. The molecule has 0 N–H and O–H groups in total. The summed E-state index contributed by atoms with van der Waals surface area (Å²) in [4.78, 5) is 1.49. The van der Waals surface area contributed by atoms with Crippen LogP contribution < -0.4 is 0 Å². The molecule has 0 nitrogen and oxygen atoms in total. The van der Waals surface area contributed by atoms with E-state index in [4.69, 9.17) is 0 Å². The molecule has 1 heterocycles. The van der Waals surface area contributed by atoms with Gasteiger partial charge in [-0.1, -0.05) is 34.3 Å². The summed E-state index contributed by atoms with van der Waals surface area (Å²) in [6, 6.07) is 4.32. The third-order valence-corrected chi connectivity index (χ3v) is 2.16. The van der Waals surface area contributed by atoms with Crippen LogP contribution in [0.4, 0.5) is 0 Å². The Labute approximate surface area is 74.3 Å². The molecule has 11 heavy (non-hydrogen) atoms. The zero-order chi connectivity index (χ0) is 7.61. The second-order valence-corrected chi connectivity index (χ2v) is 4.85. The van der Waals surface area contributed by atoms with E-state index in [0.717, 1.165) is 0 Å². The first-order valence-corrected chi connectivity index (χ1v) is 4.48. The van der Waals surface area contributed by atoms with Crippen LogP contribution in [0.25, 0.3) is 0 Å². The second kappa shape index (κ2) is 3.91. The Balaban J connectivity index is 0.000001000. The predicted molar refractivity (Wildman–Crippen MR) is 54.2 cm³/mol. The Bertz CT molecular complexity index is 179. The number of rotatable bonds is 1. The largest absolute Gasteiger partial charge is 0.149 e. The molecule has 0 aliphatic rings. The number of thiophene rings is 1. The molecule has 0 atom stereocenters. The minimum atomic E-state index is 0. The molecule has 64 valence electrons. The average Bonchev–Trinajstić information content (AvgIpc) is 2.12. The van der Waals surface area contributed by atoms with E-state index >= 15 is 0 Å². The van der Waals surface area contributed by atoms with Crippen molar-refractivity contribution in [3.8, 4) is 0 Å². The maximum atomic E-state index is 2.27. The van der Waals surface area contributed by atoms with E-state index in [2.05, 4.69) is 38.3 Å². The van der Waals surface area contributed by atoms with Gasteiger partial charge in [0.15, 0.2) is 0 Å². The van der Waals surface area contributed by atoms with Gasteiger partial charge in [0.25, 0.3) is 0 Å². The lowest BCUT2D eigenvalue weighted by Gasteiger charge is -2.15. The van der Waals surface area contributed by atoms with Crippen molar-refractivity contribution in [1.29, 1.82) is 0 Å². The summed E-state index contributed by atoms with van der Waals surface area (Å²) < 4.78 is 0. The van der Waals surface area contributed by atoms with Gasteiger partial charge in [0.1, 0.15) is 0 Å². The van der Waals surface area contributed by atoms with Crippen LogP contribution in [0.15, 0.2) is 17.5 Å². The van der Waals surface area contributed by atoms with Crippen molar-refractivity contribution in [3.63, 3.8) is 0 Å². The summed E-state index contributed by atoms with van der Waals surface area (Å²) in [5, 5.41) is 2.14. The number of hydrogen-bond acceptors (Lipinski definition) is 1. The Hall–Kier alpha value is -0.300. The SMILES string of the molecule is C.CC(C)(C)Cc1cccs1. The van der Waals surface area contributed by atoms with E-state index in [1.165, 1.54) is 11.3 Å². The van der Waals surface area contributed by atoms with Gasteiger partial charge >= 0.3 is 0 Å². The fourth-order valence-corrected chi connectivity index (χ4v) is 1.94. The van der Waals surface area contributed by atoms with Crippen LogP contribution in [0.5, 0.6) is 0 Å². The lowest BCUT2D eigenvalue weighted by molar-refractivity contribution is 0.414. The molecule has 1 heteroatoms. The minimum absolute atomic E-state index is 0. The van der Waals surface area contributed by atoms with Gasteiger partial charge in [0, 0.05) is 4.88 Å². The van der Waals surface area contributed by atoms with E-state index in [9.17, 15) is 0 Å². The summed E-state index contributed by atoms with van der Waals surface area (Å²) in [6.07, 6.45) is 1.20. The van der Waals surface area contributed by atoms with Crippen molar-refractivity contribution in [3.05, 3.63) is 22.4 Å². The third-order valence-electron chi connectivity index (χ3n) is 1.28. The predicted octanol–water partition coefficient (Wildman–Crippen LogP) is 3.97. The van der Waals surface area contributed by atoms with Crippen LogP contribution in [-0.4, -0.2) is 0 Å². The lowest BCUT2D eigenvalue weighted by Crippen LogP contribution is -2.07. The molecule has 1 rings (SSSR count). The summed E-state index contributed by atoms with van der Waals surface area (Å²) in [5.41, 5.74) is 0.435. The molecule has 0 spiro atoms. The highest BCUT2D eigenvalue weighted by molar-refractivity contribution is 7.09. The van der Waals surface area contributed by atoms with Crippen molar-refractivity contribution < 1.29 is 0 Å². The zero-order valence-corrected chi connectivity index (χ0v) is 7.66. The Morgan fingerprint density at radius 1 is 1.36 bits per heavy atom. The Morgan fingerprint density at radius 2 is 2.00 bits per heavy atom. The molecule has 0 amide bonds. The van der Waals surface area contributed by atoms with Gasteiger partial charge in [-0.2, -0.15) is 0 Å². The zero-order valence-electron chi connectivity index (χ0n) is 6.85. The molecule has 0 aliphatic heterocycles. The van der Waals surface area contributed by atoms with Gasteiger partial charge in [-0.05, 0) is 23.3 Å². The van der Waals surface area contributed by atoms with Crippen molar-refractivity contribution in [2.45, 2.75) is 34.6 Å². The Morgan fingerprint density at radius 3 is 2.36 bits per heavy atom. The molecule has 1 aromatic rings. The first-order valence-electron chi connectivity index (χ1n) is 3.60.